The highest BCUT2D eigenvalue weighted by Gasteiger charge is 2.01. The Balaban J connectivity index is 1.97. The first-order valence-corrected chi connectivity index (χ1v) is 5.72. The van der Waals surface area contributed by atoms with Crippen molar-refractivity contribution in [1.82, 2.24) is 9.97 Å². The number of methoxy groups -OCH3 is 1. The molecular weight excluding hydrogens is 244 g/mol. The van der Waals surface area contributed by atoms with Crippen LogP contribution < -0.4 is 10.6 Å². The quantitative estimate of drug-likeness (QED) is 0.879. The summed E-state index contributed by atoms with van der Waals surface area (Å²) in [7, 11) is 1.33. The molecule has 6 heteroatoms. The number of amides is 1. The van der Waals surface area contributed by atoms with Gasteiger partial charge in [-0.2, -0.15) is 0 Å². The Bertz CT molecular complexity index is 545. The van der Waals surface area contributed by atoms with Gasteiger partial charge in [-0.3, -0.25) is 5.32 Å². The topological polar surface area (TPSA) is 76.1 Å². The summed E-state index contributed by atoms with van der Waals surface area (Å²) in [6, 6.07) is 9.19. The molecule has 6 nitrogen and oxygen atoms in total. The Morgan fingerprint density at radius 2 is 2.16 bits per heavy atom. The normalized spacial score (nSPS) is 9.74. The molecular formula is C13H14N4O2. The monoisotopic (exact) mass is 258 g/mol. The predicted molar refractivity (Wildman–Crippen MR) is 71.8 cm³/mol. The number of nitrogens with one attached hydrogen (secondary N) is 2. The number of hydrogen-bond donors (Lipinski definition) is 2. The van der Waals surface area contributed by atoms with Crippen LogP contribution in [0.15, 0.2) is 42.9 Å². The fraction of sp³-hybridized carbons (Fsp3) is 0.154. The molecule has 0 aliphatic carbocycles. The maximum absolute atomic E-state index is 11.1. The van der Waals surface area contributed by atoms with Crippen molar-refractivity contribution in [2.75, 3.05) is 17.7 Å². The van der Waals surface area contributed by atoms with E-state index in [0.717, 1.165) is 11.4 Å². The van der Waals surface area contributed by atoms with Crippen molar-refractivity contribution in [2.24, 2.45) is 0 Å². The summed E-state index contributed by atoms with van der Waals surface area (Å²) >= 11 is 0. The van der Waals surface area contributed by atoms with Gasteiger partial charge in [-0.25, -0.2) is 14.8 Å². The Kier molecular flexibility index (Phi) is 4.28. The van der Waals surface area contributed by atoms with E-state index < -0.39 is 6.09 Å². The van der Waals surface area contributed by atoms with E-state index in [0.29, 0.717) is 12.2 Å². The number of nitrogens with zero attached hydrogens (tertiary/aromatic N) is 2. The third-order valence-corrected chi connectivity index (χ3v) is 2.41. The lowest BCUT2D eigenvalue weighted by Gasteiger charge is -2.08. The van der Waals surface area contributed by atoms with E-state index in [1.807, 2.05) is 24.3 Å². The molecule has 98 valence electrons. The van der Waals surface area contributed by atoms with Crippen molar-refractivity contribution >= 4 is 17.5 Å². The van der Waals surface area contributed by atoms with E-state index in [2.05, 4.69) is 25.3 Å². The third-order valence-electron chi connectivity index (χ3n) is 2.41. The van der Waals surface area contributed by atoms with Crippen molar-refractivity contribution in [3.05, 3.63) is 48.5 Å². The van der Waals surface area contributed by atoms with Crippen LogP contribution in [-0.4, -0.2) is 23.2 Å². The number of carbonyl (C=O) groups excluding carboxylic acids is 1. The molecule has 1 heterocycles. The molecule has 19 heavy (non-hydrogen) atoms. The number of benzene rings is 1. The smallest absolute Gasteiger partial charge is 0.411 e. The van der Waals surface area contributed by atoms with Gasteiger partial charge in [0, 0.05) is 17.6 Å². The molecule has 1 aromatic heterocycles. The summed E-state index contributed by atoms with van der Waals surface area (Å²) in [5.74, 6) is 0. The molecule has 0 aliphatic heterocycles. The summed E-state index contributed by atoms with van der Waals surface area (Å²) in [5.41, 5.74) is 2.44. The average Bonchev–Trinajstić information content (AvgIpc) is 2.46. The SMILES string of the molecule is COC(=O)Nc1cccc(NCc2ccncn2)c1. The molecule has 0 bridgehead atoms. The molecule has 1 amide bonds. The van der Waals surface area contributed by atoms with E-state index in [9.17, 15) is 4.79 Å². The Morgan fingerprint density at radius 1 is 1.32 bits per heavy atom. The minimum atomic E-state index is -0.493. The lowest BCUT2D eigenvalue weighted by atomic mass is 10.2. The highest BCUT2D eigenvalue weighted by atomic mass is 16.5. The molecule has 2 N–H and O–H groups in total. The summed E-state index contributed by atoms with van der Waals surface area (Å²) < 4.78 is 4.54. The van der Waals surface area contributed by atoms with Crippen molar-refractivity contribution in [1.29, 1.82) is 0 Å². The van der Waals surface area contributed by atoms with Crippen molar-refractivity contribution in [3.63, 3.8) is 0 Å². The Hall–Kier alpha value is -2.63. The van der Waals surface area contributed by atoms with E-state index in [1.165, 1.54) is 13.4 Å². The molecule has 0 atom stereocenters. The molecule has 1 aromatic carbocycles. The zero-order valence-corrected chi connectivity index (χ0v) is 10.5. The van der Waals surface area contributed by atoms with Crippen LogP contribution >= 0.6 is 0 Å². The zero-order valence-electron chi connectivity index (χ0n) is 10.5. The van der Waals surface area contributed by atoms with Crippen LogP contribution in [0.25, 0.3) is 0 Å². The number of rotatable bonds is 4. The van der Waals surface area contributed by atoms with Crippen LogP contribution in [0.4, 0.5) is 16.2 Å². The van der Waals surface area contributed by atoms with E-state index in [-0.39, 0.29) is 0 Å². The van der Waals surface area contributed by atoms with Crippen molar-refractivity contribution in [2.45, 2.75) is 6.54 Å². The maximum atomic E-state index is 11.1. The van der Waals surface area contributed by atoms with Gasteiger partial charge in [-0.05, 0) is 24.3 Å². The van der Waals surface area contributed by atoms with Crippen LogP contribution in [0.1, 0.15) is 5.69 Å². The van der Waals surface area contributed by atoms with E-state index >= 15 is 0 Å². The Morgan fingerprint density at radius 3 is 2.89 bits per heavy atom. The molecule has 0 saturated carbocycles. The first-order valence-electron chi connectivity index (χ1n) is 5.72. The molecule has 2 aromatic rings. The zero-order chi connectivity index (χ0) is 13.5. The fourth-order valence-electron chi connectivity index (χ4n) is 1.49. The molecule has 0 aliphatic rings. The number of anilines is 2. The second kappa shape index (κ2) is 6.34. The lowest BCUT2D eigenvalue weighted by molar-refractivity contribution is 0.187. The van der Waals surface area contributed by atoms with Crippen LogP contribution in [-0.2, 0) is 11.3 Å². The van der Waals surface area contributed by atoms with Crippen molar-refractivity contribution < 1.29 is 9.53 Å². The van der Waals surface area contributed by atoms with Gasteiger partial charge in [0.05, 0.1) is 19.3 Å². The first kappa shape index (κ1) is 12.8. The minimum absolute atomic E-state index is 0.493. The van der Waals surface area contributed by atoms with Gasteiger partial charge >= 0.3 is 6.09 Å². The molecule has 0 radical (unpaired) electrons. The molecule has 0 spiro atoms. The summed E-state index contributed by atoms with van der Waals surface area (Å²) in [6.45, 7) is 0.587. The molecule has 0 fully saturated rings. The first-order chi connectivity index (χ1) is 9.28. The lowest BCUT2D eigenvalue weighted by Crippen LogP contribution is -2.11. The van der Waals surface area contributed by atoms with Gasteiger partial charge in [0.25, 0.3) is 0 Å². The molecule has 2 rings (SSSR count). The molecule has 0 unspecified atom stereocenters. The number of hydrogen-bond acceptors (Lipinski definition) is 5. The minimum Gasteiger partial charge on any atom is -0.453 e. The van der Waals surface area contributed by atoms with Crippen LogP contribution in [0.2, 0.25) is 0 Å². The summed E-state index contributed by atoms with van der Waals surface area (Å²) in [6.07, 6.45) is 2.71. The number of carbonyl (C=O) groups is 1. The van der Waals surface area contributed by atoms with Gasteiger partial charge in [0.1, 0.15) is 6.33 Å². The second-order valence-corrected chi connectivity index (χ2v) is 3.75. The highest BCUT2D eigenvalue weighted by Crippen LogP contribution is 2.15. The van der Waals surface area contributed by atoms with Gasteiger partial charge in [0.2, 0.25) is 0 Å². The predicted octanol–water partition coefficient (Wildman–Crippen LogP) is 2.27. The van der Waals surface area contributed by atoms with Gasteiger partial charge in [0.15, 0.2) is 0 Å². The second-order valence-electron chi connectivity index (χ2n) is 3.75. The van der Waals surface area contributed by atoms with Crippen LogP contribution in [0.3, 0.4) is 0 Å². The summed E-state index contributed by atoms with van der Waals surface area (Å²) in [4.78, 5) is 19.1. The standard InChI is InChI=1S/C13H14N4O2/c1-19-13(18)17-11-4-2-3-10(7-11)15-8-12-5-6-14-9-16-12/h2-7,9,15H,8H2,1H3,(H,17,18). The van der Waals surface area contributed by atoms with Gasteiger partial charge in [-0.15, -0.1) is 0 Å². The third kappa shape index (κ3) is 3.95. The number of aromatic nitrogens is 2. The average molecular weight is 258 g/mol. The highest BCUT2D eigenvalue weighted by molar-refractivity contribution is 5.85. The van der Waals surface area contributed by atoms with E-state index in [1.54, 1.807) is 12.3 Å². The molecule has 0 saturated heterocycles. The van der Waals surface area contributed by atoms with Crippen molar-refractivity contribution in [3.8, 4) is 0 Å². The number of ether oxygens (including phenoxy) is 1. The maximum Gasteiger partial charge on any atom is 0.411 e. The Labute approximate surface area is 110 Å². The summed E-state index contributed by atoms with van der Waals surface area (Å²) in [5, 5.41) is 5.81. The largest absolute Gasteiger partial charge is 0.453 e. The van der Waals surface area contributed by atoms with Gasteiger partial charge < -0.3 is 10.1 Å². The fourth-order valence-corrected chi connectivity index (χ4v) is 1.49. The van der Waals surface area contributed by atoms with Gasteiger partial charge in [-0.1, -0.05) is 6.07 Å². The van der Waals surface area contributed by atoms with Crippen LogP contribution in [0, 0.1) is 0 Å². The van der Waals surface area contributed by atoms with Crippen LogP contribution in [0.5, 0.6) is 0 Å². The van der Waals surface area contributed by atoms with E-state index in [4.69, 9.17) is 0 Å².